The average molecular weight is 282 g/mol. The lowest BCUT2D eigenvalue weighted by Gasteiger charge is -2.43. The molecule has 3 nitrogen and oxygen atoms in total. The third kappa shape index (κ3) is 2.73. The van der Waals surface area contributed by atoms with Crippen LogP contribution < -0.4 is 9.64 Å². The van der Waals surface area contributed by atoms with Crippen molar-refractivity contribution in [1.29, 1.82) is 0 Å². The predicted octanol–water partition coefficient (Wildman–Crippen LogP) is 2.96. The molecule has 0 amide bonds. The zero-order chi connectivity index (χ0) is 14.1. The molecule has 5 heteroatoms. The molecule has 0 aliphatic carbocycles. The first-order chi connectivity index (χ1) is 9.63. The zero-order valence-electron chi connectivity index (χ0n) is 11.6. The molecule has 20 heavy (non-hydrogen) atoms. The van der Waals surface area contributed by atoms with E-state index in [1.807, 2.05) is 12.1 Å². The fraction of sp³-hybridized carbons (Fsp3) is 0.600. The molecule has 2 fully saturated rings. The molecule has 2 aliphatic rings. The van der Waals surface area contributed by atoms with E-state index in [0.29, 0.717) is 12.1 Å². The van der Waals surface area contributed by atoms with Gasteiger partial charge in [0.1, 0.15) is 5.75 Å². The lowest BCUT2D eigenvalue weighted by Crippen LogP contribution is -2.55. The largest absolute Gasteiger partial charge is 0.435 e. The van der Waals surface area contributed by atoms with Crippen molar-refractivity contribution in [3.8, 4) is 5.75 Å². The molecule has 2 saturated heterocycles. The Hall–Kier alpha value is -1.36. The standard InChI is InChI=1S/C15H20F2N2O/c1-11-9-18-8-2-3-13(18)10-19(11)12-4-6-14(7-5-12)20-15(16)17/h4-7,11,13,15H,2-3,8-10H2,1H3. The van der Waals surface area contributed by atoms with Crippen LogP contribution in [0.15, 0.2) is 24.3 Å². The van der Waals surface area contributed by atoms with Gasteiger partial charge in [-0.2, -0.15) is 8.78 Å². The van der Waals surface area contributed by atoms with E-state index in [1.54, 1.807) is 12.1 Å². The maximum Gasteiger partial charge on any atom is 0.387 e. The summed E-state index contributed by atoms with van der Waals surface area (Å²) in [5, 5.41) is 0. The predicted molar refractivity (Wildman–Crippen MR) is 74.5 cm³/mol. The number of nitrogens with zero attached hydrogens (tertiary/aromatic N) is 2. The van der Waals surface area contributed by atoms with Gasteiger partial charge < -0.3 is 9.64 Å². The van der Waals surface area contributed by atoms with E-state index < -0.39 is 6.61 Å². The Labute approximate surface area is 118 Å². The highest BCUT2D eigenvalue weighted by Gasteiger charge is 2.34. The number of halogens is 2. The fourth-order valence-corrected chi connectivity index (χ4v) is 3.37. The molecule has 1 aromatic rings. The van der Waals surface area contributed by atoms with Crippen LogP contribution in [-0.2, 0) is 0 Å². The van der Waals surface area contributed by atoms with Crippen LogP contribution >= 0.6 is 0 Å². The molecule has 2 aliphatic heterocycles. The van der Waals surface area contributed by atoms with Gasteiger partial charge in [0.15, 0.2) is 0 Å². The molecule has 0 bridgehead atoms. The second kappa shape index (κ2) is 5.56. The molecular formula is C15H20F2N2O. The fourth-order valence-electron chi connectivity index (χ4n) is 3.37. The maximum atomic E-state index is 12.1. The van der Waals surface area contributed by atoms with Crippen molar-refractivity contribution in [2.24, 2.45) is 0 Å². The Morgan fingerprint density at radius 1 is 1.20 bits per heavy atom. The van der Waals surface area contributed by atoms with Gasteiger partial charge in [-0.15, -0.1) is 0 Å². The second-order valence-corrected chi connectivity index (χ2v) is 5.66. The minimum absolute atomic E-state index is 0.218. The van der Waals surface area contributed by atoms with Crippen molar-refractivity contribution in [2.45, 2.75) is 38.5 Å². The molecule has 1 aromatic carbocycles. The average Bonchev–Trinajstić information content (AvgIpc) is 2.85. The van der Waals surface area contributed by atoms with Gasteiger partial charge in [0, 0.05) is 30.9 Å². The van der Waals surface area contributed by atoms with E-state index in [9.17, 15) is 8.78 Å². The molecule has 110 valence electrons. The lowest BCUT2D eigenvalue weighted by molar-refractivity contribution is -0.0498. The van der Waals surface area contributed by atoms with Crippen molar-refractivity contribution in [2.75, 3.05) is 24.5 Å². The molecule has 2 heterocycles. The number of ether oxygens (including phenoxy) is 1. The van der Waals surface area contributed by atoms with Crippen molar-refractivity contribution >= 4 is 5.69 Å². The van der Waals surface area contributed by atoms with Gasteiger partial charge in [-0.25, -0.2) is 0 Å². The first kappa shape index (κ1) is 13.6. The van der Waals surface area contributed by atoms with Crippen molar-refractivity contribution in [3.63, 3.8) is 0 Å². The number of alkyl halides is 2. The lowest BCUT2D eigenvalue weighted by atomic mass is 10.1. The highest BCUT2D eigenvalue weighted by Crippen LogP contribution is 2.29. The highest BCUT2D eigenvalue weighted by molar-refractivity contribution is 5.50. The normalized spacial score (nSPS) is 26.9. The highest BCUT2D eigenvalue weighted by atomic mass is 19.3. The van der Waals surface area contributed by atoms with Crippen molar-refractivity contribution in [1.82, 2.24) is 4.90 Å². The van der Waals surface area contributed by atoms with Crippen LogP contribution in [0.25, 0.3) is 0 Å². The molecule has 0 radical (unpaired) electrons. The number of rotatable bonds is 3. The number of hydrogen-bond donors (Lipinski definition) is 0. The van der Waals surface area contributed by atoms with Crippen molar-refractivity contribution < 1.29 is 13.5 Å². The summed E-state index contributed by atoms with van der Waals surface area (Å²) in [4.78, 5) is 4.94. The number of fused-ring (bicyclic) bond motifs is 1. The Balaban J connectivity index is 1.71. The third-order valence-electron chi connectivity index (χ3n) is 4.33. The van der Waals surface area contributed by atoms with Crippen LogP contribution in [0, 0.1) is 0 Å². The SMILES string of the molecule is CC1CN2CCCC2CN1c1ccc(OC(F)F)cc1. The molecule has 0 N–H and O–H groups in total. The van der Waals surface area contributed by atoms with E-state index in [0.717, 1.165) is 18.8 Å². The summed E-state index contributed by atoms with van der Waals surface area (Å²) in [6, 6.07) is 8.08. The van der Waals surface area contributed by atoms with E-state index in [-0.39, 0.29) is 5.75 Å². The summed E-state index contributed by atoms with van der Waals surface area (Å²) >= 11 is 0. The first-order valence-electron chi connectivity index (χ1n) is 7.19. The van der Waals surface area contributed by atoms with Crippen LogP contribution in [-0.4, -0.2) is 43.2 Å². The van der Waals surface area contributed by atoms with E-state index in [4.69, 9.17) is 0 Å². The van der Waals surface area contributed by atoms with Crippen LogP contribution in [0.1, 0.15) is 19.8 Å². The Bertz CT molecular complexity index is 452. The minimum Gasteiger partial charge on any atom is -0.435 e. The zero-order valence-corrected chi connectivity index (χ0v) is 11.6. The van der Waals surface area contributed by atoms with Crippen LogP contribution in [0.3, 0.4) is 0 Å². The third-order valence-corrected chi connectivity index (χ3v) is 4.33. The van der Waals surface area contributed by atoms with Gasteiger partial charge in [-0.1, -0.05) is 0 Å². The van der Waals surface area contributed by atoms with Gasteiger partial charge in [-0.3, -0.25) is 4.90 Å². The van der Waals surface area contributed by atoms with Gasteiger partial charge in [0.25, 0.3) is 0 Å². The molecule has 2 unspecified atom stereocenters. The molecule has 0 aromatic heterocycles. The van der Waals surface area contributed by atoms with Crippen LogP contribution in [0.5, 0.6) is 5.75 Å². The number of anilines is 1. The summed E-state index contributed by atoms with van der Waals surface area (Å²) < 4.78 is 28.7. The second-order valence-electron chi connectivity index (χ2n) is 5.66. The van der Waals surface area contributed by atoms with E-state index >= 15 is 0 Å². The smallest absolute Gasteiger partial charge is 0.387 e. The summed E-state index contributed by atoms with van der Waals surface area (Å²) in [5.74, 6) is 0.218. The number of benzene rings is 1. The van der Waals surface area contributed by atoms with Gasteiger partial charge in [-0.05, 0) is 50.6 Å². The Kier molecular flexibility index (Phi) is 3.78. The molecule has 0 saturated carbocycles. The molecule has 2 atom stereocenters. The summed E-state index contributed by atoms with van der Waals surface area (Å²) in [6.45, 7) is 2.78. The monoisotopic (exact) mass is 282 g/mol. The maximum absolute atomic E-state index is 12.1. The first-order valence-corrected chi connectivity index (χ1v) is 7.19. The Morgan fingerprint density at radius 3 is 2.65 bits per heavy atom. The number of hydrogen-bond acceptors (Lipinski definition) is 3. The van der Waals surface area contributed by atoms with E-state index in [2.05, 4.69) is 21.5 Å². The molecule has 0 spiro atoms. The summed E-state index contributed by atoms with van der Waals surface area (Å²) in [6.07, 6.45) is 2.54. The molecule has 3 rings (SSSR count). The van der Waals surface area contributed by atoms with E-state index in [1.165, 1.54) is 19.4 Å². The number of piperazine rings is 1. The van der Waals surface area contributed by atoms with Gasteiger partial charge in [0.05, 0.1) is 0 Å². The molecular weight excluding hydrogens is 262 g/mol. The summed E-state index contributed by atoms with van der Waals surface area (Å²) in [7, 11) is 0. The topological polar surface area (TPSA) is 15.7 Å². The minimum atomic E-state index is -2.76. The summed E-state index contributed by atoms with van der Waals surface area (Å²) in [5.41, 5.74) is 1.09. The van der Waals surface area contributed by atoms with Crippen LogP contribution in [0.4, 0.5) is 14.5 Å². The van der Waals surface area contributed by atoms with Crippen molar-refractivity contribution in [3.05, 3.63) is 24.3 Å². The van der Waals surface area contributed by atoms with Crippen LogP contribution in [0.2, 0.25) is 0 Å². The quantitative estimate of drug-likeness (QED) is 0.847. The van der Waals surface area contributed by atoms with Gasteiger partial charge >= 0.3 is 6.61 Å². The Morgan fingerprint density at radius 2 is 1.95 bits per heavy atom. The van der Waals surface area contributed by atoms with Gasteiger partial charge in [0.2, 0.25) is 0 Å².